The van der Waals surface area contributed by atoms with Gasteiger partial charge >= 0.3 is 0 Å². The Bertz CT molecular complexity index is 2360. The van der Waals surface area contributed by atoms with Crippen molar-refractivity contribution in [1.82, 2.24) is 24.5 Å². The van der Waals surface area contributed by atoms with E-state index >= 15 is 0 Å². The van der Waals surface area contributed by atoms with Crippen LogP contribution in [0.4, 0.5) is 17.1 Å². The summed E-state index contributed by atoms with van der Waals surface area (Å²) in [6, 6.07) is 37.8. The molecule has 4 heterocycles. The smallest absolute Gasteiger partial charge is 0.137 e. The van der Waals surface area contributed by atoms with Gasteiger partial charge in [0.2, 0.25) is 0 Å². The molecule has 0 N–H and O–H groups in total. The van der Waals surface area contributed by atoms with E-state index in [1.807, 2.05) is 61.6 Å². The molecule has 3 aromatic heterocycles. The van der Waals surface area contributed by atoms with Crippen LogP contribution in [-0.4, -0.2) is 31.6 Å². The molecule has 7 aromatic rings. The van der Waals surface area contributed by atoms with Crippen molar-refractivity contribution in [1.29, 1.82) is 0 Å². The van der Waals surface area contributed by atoms with Crippen LogP contribution in [0.2, 0.25) is 0 Å². The van der Waals surface area contributed by atoms with E-state index < -0.39 is 0 Å². The van der Waals surface area contributed by atoms with Crippen molar-refractivity contribution in [3.05, 3.63) is 128 Å². The average Bonchev–Trinajstić information content (AvgIpc) is 3.61. The summed E-state index contributed by atoms with van der Waals surface area (Å²) >= 11 is 0. The predicted octanol–water partition coefficient (Wildman–Crippen LogP) is 9.72. The van der Waals surface area contributed by atoms with E-state index in [1.54, 1.807) is 6.20 Å². The summed E-state index contributed by atoms with van der Waals surface area (Å²) in [7, 11) is 2.04. The van der Waals surface area contributed by atoms with E-state index in [1.165, 1.54) is 0 Å². The Balaban J connectivity index is 0.00000406. The van der Waals surface area contributed by atoms with Crippen molar-refractivity contribution in [2.75, 3.05) is 16.8 Å². The fraction of sp³-hybridized carbons (Fsp3) is 0.214. The third-order valence-corrected chi connectivity index (χ3v) is 8.81. The first kappa shape index (κ1) is 34.4. The van der Waals surface area contributed by atoms with Crippen LogP contribution in [0, 0.1) is 18.8 Å². The normalized spacial score (nSPS) is 13.1. The molecule has 0 unspecified atom stereocenters. The van der Waals surface area contributed by atoms with E-state index in [9.17, 15) is 0 Å². The summed E-state index contributed by atoms with van der Waals surface area (Å²) in [5.74, 6) is 3.80. The van der Waals surface area contributed by atoms with Crippen LogP contribution in [-0.2, 0) is 31.9 Å². The largest absolute Gasteiger partial charge is 0.508 e. The molecule has 9 heteroatoms. The first-order valence-electron chi connectivity index (χ1n) is 16.8. The molecular weight excluding hydrogens is 814 g/mol. The summed E-state index contributed by atoms with van der Waals surface area (Å²) < 4.78 is 8.95. The van der Waals surface area contributed by atoms with Crippen molar-refractivity contribution < 1.29 is 25.8 Å². The van der Waals surface area contributed by atoms with Crippen LogP contribution in [0.1, 0.15) is 53.2 Å². The summed E-state index contributed by atoms with van der Waals surface area (Å²) in [6.07, 6.45) is 1.81. The third kappa shape index (κ3) is 6.27. The molecule has 51 heavy (non-hydrogen) atoms. The fourth-order valence-electron chi connectivity index (χ4n) is 6.26. The van der Waals surface area contributed by atoms with Gasteiger partial charge in [-0.05, 0) is 48.3 Å². The second kappa shape index (κ2) is 12.9. The number of rotatable bonds is 5. The van der Waals surface area contributed by atoms with Crippen LogP contribution >= 0.6 is 0 Å². The number of nitrogens with zero attached hydrogens (tertiary/aromatic N) is 7. The quantitative estimate of drug-likeness (QED) is 0.160. The number of fused-ring (bicyclic) bond motifs is 4. The molecule has 1 aliphatic rings. The molecular formula is C42H38N7OPt-3. The number of hydrogen-bond acceptors (Lipinski definition) is 7. The molecule has 0 radical (unpaired) electrons. The molecule has 8 rings (SSSR count). The molecule has 0 saturated heterocycles. The first-order valence-corrected chi connectivity index (χ1v) is 16.8. The Kier molecular flexibility index (Phi) is 8.71. The van der Waals surface area contributed by atoms with Crippen LogP contribution in [0.3, 0.4) is 0 Å². The van der Waals surface area contributed by atoms with E-state index in [0.717, 1.165) is 61.9 Å². The van der Waals surface area contributed by atoms with E-state index in [2.05, 4.69) is 111 Å². The predicted molar refractivity (Wildman–Crippen MR) is 200 cm³/mol. The van der Waals surface area contributed by atoms with Gasteiger partial charge in [0.05, 0.1) is 0 Å². The van der Waals surface area contributed by atoms with Gasteiger partial charge < -0.3 is 19.1 Å². The minimum atomic E-state index is -0.306. The topological polar surface area (TPSA) is 72.2 Å². The maximum atomic E-state index is 6.83. The summed E-state index contributed by atoms with van der Waals surface area (Å²) in [5, 5.41) is 2.06. The standard InChI is InChI=1S/C42H38N7O.Pt/c1-41(2,3)39-44-38(45-40(46-39)42(4,5)6)31-24-30-29-17-8-9-18-32(29)49(37-21-12-13-22-43-37)35(30)25-36(31)50-28-16-14-15-27(23-28)48-26-47(7)33-19-10-11-20-34(33)48;/h8-22,24,26H,1-7H3;/q-3;. The van der Waals surface area contributed by atoms with Gasteiger partial charge in [-0.25, -0.2) is 19.9 Å². The number of benzene rings is 4. The third-order valence-electron chi connectivity index (χ3n) is 8.81. The first-order chi connectivity index (χ1) is 24.0. The van der Waals surface area contributed by atoms with Gasteiger partial charge in [-0.3, -0.25) is 0 Å². The van der Waals surface area contributed by atoms with E-state index in [0.29, 0.717) is 17.3 Å². The second-order valence-electron chi connectivity index (χ2n) is 14.7. The average molecular weight is 852 g/mol. The molecule has 0 atom stereocenters. The zero-order valence-corrected chi connectivity index (χ0v) is 31.9. The molecule has 0 spiro atoms. The molecule has 4 aromatic carbocycles. The Morgan fingerprint density at radius 3 is 2.10 bits per heavy atom. The molecule has 1 aliphatic heterocycles. The van der Waals surface area contributed by atoms with Crippen molar-refractivity contribution in [3.63, 3.8) is 0 Å². The van der Waals surface area contributed by atoms with Crippen molar-refractivity contribution in [2.24, 2.45) is 0 Å². The van der Waals surface area contributed by atoms with Gasteiger partial charge in [-0.2, -0.15) is 12.7 Å². The summed E-state index contributed by atoms with van der Waals surface area (Å²) in [5.41, 5.74) is 5.01. The fourth-order valence-corrected chi connectivity index (χ4v) is 6.26. The van der Waals surface area contributed by atoms with Gasteiger partial charge in [-0.1, -0.05) is 83.5 Å². The van der Waals surface area contributed by atoms with Gasteiger partial charge in [0.15, 0.2) is 0 Å². The Labute approximate surface area is 313 Å². The minimum absolute atomic E-state index is 0. The number of anilines is 3. The Hall–Kier alpha value is -5.07. The number of hydrogen-bond donors (Lipinski definition) is 0. The number of para-hydroxylation sites is 3. The van der Waals surface area contributed by atoms with E-state index in [-0.39, 0.29) is 31.9 Å². The van der Waals surface area contributed by atoms with Crippen LogP contribution < -0.4 is 14.5 Å². The van der Waals surface area contributed by atoms with Crippen LogP contribution in [0.25, 0.3) is 39.0 Å². The number of aromatic nitrogens is 5. The van der Waals surface area contributed by atoms with Gasteiger partial charge in [0.25, 0.3) is 0 Å². The maximum Gasteiger partial charge on any atom is 0.137 e. The second-order valence-corrected chi connectivity index (χ2v) is 14.7. The Morgan fingerprint density at radius 1 is 0.706 bits per heavy atom. The summed E-state index contributed by atoms with van der Waals surface area (Å²) in [4.78, 5) is 24.1. The molecule has 0 amide bonds. The van der Waals surface area contributed by atoms with Gasteiger partial charge in [0, 0.05) is 66.5 Å². The van der Waals surface area contributed by atoms with Crippen LogP contribution in [0.5, 0.6) is 11.5 Å². The zero-order chi connectivity index (χ0) is 34.8. The van der Waals surface area contributed by atoms with E-state index in [4.69, 9.17) is 24.7 Å². The Morgan fingerprint density at radius 2 is 1.39 bits per heavy atom. The SMILES string of the molecule is CN1[CH-]N(c2[c-]c(Oc3[c-]c4c(cc3-c3nc(C(C)(C)C)nc(C(C)(C)C)n3)c3ccccc3n4-c3ccccn3)ccc2)c2ccccc21.[Pt]. The molecule has 0 bridgehead atoms. The molecule has 0 fully saturated rings. The van der Waals surface area contributed by atoms with Gasteiger partial charge in [-0.15, -0.1) is 41.4 Å². The minimum Gasteiger partial charge on any atom is -0.508 e. The zero-order valence-electron chi connectivity index (χ0n) is 29.7. The van der Waals surface area contributed by atoms with Crippen LogP contribution in [0.15, 0.2) is 97.2 Å². The maximum absolute atomic E-state index is 6.83. The van der Waals surface area contributed by atoms with Crippen molar-refractivity contribution >= 4 is 38.9 Å². The number of ether oxygens (including phenoxy) is 1. The van der Waals surface area contributed by atoms with Gasteiger partial charge in [0.1, 0.15) is 23.3 Å². The summed E-state index contributed by atoms with van der Waals surface area (Å²) in [6.45, 7) is 14.8. The molecule has 0 saturated carbocycles. The number of pyridine rings is 1. The van der Waals surface area contributed by atoms with Crippen molar-refractivity contribution in [2.45, 2.75) is 52.4 Å². The molecule has 0 aliphatic carbocycles. The van der Waals surface area contributed by atoms with Crippen molar-refractivity contribution in [3.8, 4) is 28.7 Å². The molecule has 260 valence electrons. The molecule has 8 nitrogen and oxygen atoms in total. The monoisotopic (exact) mass is 851 g/mol.